The third kappa shape index (κ3) is 2.74. The highest BCUT2D eigenvalue weighted by molar-refractivity contribution is 5.63. The van der Waals surface area contributed by atoms with Crippen molar-refractivity contribution in [1.82, 2.24) is 0 Å². The Kier molecular flexibility index (Phi) is 3.82. The van der Waals surface area contributed by atoms with E-state index in [2.05, 4.69) is 11.4 Å². The Bertz CT molecular complexity index is 629. The summed E-state index contributed by atoms with van der Waals surface area (Å²) in [5.41, 5.74) is 2.90. The summed E-state index contributed by atoms with van der Waals surface area (Å²) in [6.45, 7) is 3.81. The Hall–Kier alpha value is -2.34. The van der Waals surface area contributed by atoms with Gasteiger partial charge >= 0.3 is 0 Å². The van der Waals surface area contributed by atoms with Crippen LogP contribution in [-0.2, 0) is 0 Å². The summed E-state index contributed by atoms with van der Waals surface area (Å²) in [7, 11) is 0. The molecule has 0 bridgehead atoms. The van der Waals surface area contributed by atoms with Crippen LogP contribution in [0.3, 0.4) is 0 Å². The predicted molar refractivity (Wildman–Crippen MR) is 74.3 cm³/mol. The molecule has 0 amide bonds. The molecule has 0 radical (unpaired) electrons. The van der Waals surface area contributed by atoms with Gasteiger partial charge in [-0.05, 0) is 31.5 Å². The number of nitrogens with one attached hydrogen (secondary N) is 1. The summed E-state index contributed by atoms with van der Waals surface area (Å²) in [4.78, 5) is 0. The lowest BCUT2D eigenvalue weighted by atomic mass is 10.0. The molecule has 3 heteroatoms. The molecule has 0 fully saturated rings. The second-order valence-electron chi connectivity index (χ2n) is 4.50. The van der Waals surface area contributed by atoms with Gasteiger partial charge in [0, 0.05) is 5.56 Å². The Morgan fingerprint density at radius 2 is 1.89 bits per heavy atom. The molecule has 0 saturated heterocycles. The number of rotatable bonds is 3. The molecule has 0 aliphatic heterocycles. The number of anilines is 1. The van der Waals surface area contributed by atoms with E-state index in [-0.39, 0.29) is 11.9 Å². The quantitative estimate of drug-likeness (QED) is 0.891. The summed E-state index contributed by atoms with van der Waals surface area (Å²) >= 11 is 0. The van der Waals surface area contributed by atoms with E-state index in [1.807, 2.05) is 26.0 Å². The third-order valence-electron chi connectivity index (χ3n) is 3.13. The van der Waals surface area contributed by atoms with Crippen LogP contribution in [0.15, 0.2) is 42.5 Å². The van der Waals surface area contributed by atoms with Crippen LogP contribution in [0.1, 0.15) is 29.7 Å². The smallest absolute Gasteiger partial charge is 0.128 e. The second kappa shape index (κ2) is 5.53. The van der Waals surface area contributed by atoms with Crippen molar-refractivity contribution in [2.24, 2.45) is 0 Å². The minimum atomic E-state index is -0.241. The normalized spacial score (nSPS) is 11.7. The van der Waals surface area contributed by atoms with Crippen molar-refractivity contribution in [3.05, 3.63) is 65.0 Å². The molecule has 2 rings (SSSR count). The summed E-state index contributed by atoms with van der Waals surface area (Å²) < 4.78 is 13.7. The minimum absolute atomic E-state index is 0.200. The zero-order valence-electron chi connectivity index (χ0n) is 10.9. The van der Waals surface area contributed by atoms with Crippen LogP contribution < -0.4 is 5.32 Å². The topological polar surface area (TPSA) is 35.8 Å². The molecule has 1 N–H and O–H groups in total. The van der Waals surface area contributed by atoms with Gasteiger partial charge in [0.25, 0.3) is 0 Å². The van der Waals surface area contributed by atoms with Crippen molar-refractivity contribution < 1.29 is 4.39 Å². The second-order valence-corrected chi connectivity index (χ2v) is 4.50. The van der Waals surface area contributed by atoms with E-state index in [1.165, 1.54) is 6.07 Å². The molecule has 1 atom stereocenters. The first kappa shape index (κ1) is 13.1. The fraction of sp³-hybridized carbons (Fsp3) is 0.188. The number of aryl methyl sites for hydroxylation is 1. The van der Waals surface area contributed by atoms with Crippen LogP contribution in [0.4, 0.5) is 10.1 Å². The van der Waals surface area contributed by atoms with E-state index >= 15 is 0 Å². The van der Waals surface area contributed by atoms with Gasteiger partial charge in [0.1, 0.15) is 11.9 Å². The summed E-state index contributed by atoms with van der Waals surface area (Å²) in [6.07, 6.45) is 0. The maximum atomic E-state index is 13.7. The number of hydrogen-bond donors (Lipinski definition) is 1. The Balaban J connectivity index is 2.32. The van der Waals surface area contributed by atoms with Crippen LogP contribution in [0.5, 0.6) is 0 Å². The molecular weight excluding hydrogens is 239 g/mol. The average Bonchev–Trinajstić information content (AvgIpc) is 2.41. The number of benzene rings is 2. The molecule has 2 aromatic carbocycles. The van der Waals surface area contributed by atoms with Gasteiger partial charge in [0.2, 0.25) is 0 Å². The van der Waals surface area contributed by atoms with Gasteiger partial charge in [-0.2, -0.15) is 5.26 Å². The van der Waals surface area contributed by atoms with Crippen LogP contribution in [0.25, 0.3) is 0 Å². The Morgan fingerprint density at radius 3 is 2.58 bits per heavy atom. The first-order chi connectivity index (χ1) is 9.13. The van der Waals surface area contributed by atoms with Crippen LogP contribution >= 0.6 is 0 Å². The van der Waals surface area contributed by atoms with Gasteiger partial charge in [-0.3, -0.25) is 0 Å². The van der Waals surface area contributed by atoms with Crippen LogP contribution in [-0.4, -0.2) is 0 Å². The molecule has 0 heterocycles. The largest absolute Gasteiger partial charge is 0.377 e. The first-order valence-electron chi connectivity index (χ1n) is 6.14. The Labute approximate surface area is 112 Å². The monoisotopic (exact) mass is 254 g/mol. The highest BCUT2D eigenvalue weighted by Gasteiger charge is 2.13. The zero-order valence-corrected chi connectivity index (χ0v) is 10.9. The van der Waals surface area contributed by atoms with E-state index in [0.29, 0.717) is 11.1 Å². The summed E-state index contributed by atoms with van der Waals surface area (Å²) in [5, 5.41) is 12.3. The van der Waals surface area contributed by atoms with E-state index < -0.39 is 0 Å². The molecule has 0 spiro atoms. The molecule has 0 aromatic heterocycles. The SMILES string of the molecule is Cc1cccc(C#N)c1NC(C)c1ccccc1F. The van der Waals surface area contributed by atoms with E-state index in [0.717, 1.165) is 11.3 Å². The predicted octanol–water partition coefficient (Wildman–Crippen LogP) is 4.18. The van der Waals surface area contributed by atoms with Gasteiger partial charge in [0.05, 0.1) is 17.3 Å². The van der Waals surface area contributed by atoms with Crippen molar-refractivity contribution >= 4 is 5.69 Å². The number of hydrogen-bond acceptors (Lipinski definition) is 2. The minimum Gasteiger partial charge on any atom is -0.377 e. The van der Waals surface area contributed by atoms with Crippen LogP contribution in [0.2, 0.25) is 0 Å². The molecule has 2 nitrogen and oxygen atoms in total. The number of nitrogens with zero attached hydrogens (tertiary/aromatic N) is 1. The van der Waals surface area contributed by atoms with E-state index in [4.69, 9.17) is 5.26 Å². The molecule has 1 unspecified atom stereocenters. The maximum Gasteiger partial charge on any atom is 0.128 e. The maximum absolute atomic E-state index is 13.7. The average molecular weight is 254 g/mol. The number of para-hydroxylation sites is 1. The zero-order chi connectivity index (χ0) is 13.8. The molecule has 96 valence electrons. The standard InChI is InChI=1S/C16H15FN2/c1-11-6-5-7-13(10-18)16(11)19-12(2)14-8-3-4-9-15(14)17/h3-9,12,19H,1-2H3. The van der Waals surface area contributed by atoms with Gasteiger partial charge in [-0.15, -0.1) is 0 Å². The molecule has 19 heavy (non-hydrogen) atoms. The molecular formula is C16H15FN2. The fourth-order valence-corrected chi connectivity index (χ4v) is 2.07. The molecule has 0 aliphatic carbocycles. The van der Waals surface area contributed by atoms with Crippen molar-refractivity contribution in [3.8, 4) is 6.07 Å². The first-order valence-corrected chi connectivity index (χ1v) is 6.14. The lowest BCUT2D eigenvalue weighted by Crippen LogP contribution is -2.10. The van der Waals surface area contributed by atoms with Gasteiger partial charge in [-0.1, -0.05) is 30.3 Å². The number of halogens is 1. The summed E-state index contributed by atoms with van der Waals surface area (Å²) in [6, 6.07) is 14.1. The van der Waals surface area contributed by atoms with Crippen molar-refractivity contribution in [2.45, 2.75) is 19.9 Å². The van der Waals surface area contributed by atoms with E-state index in [9.17, 15) is 4.39 Å². The number of nitriles is 1. The molecule has 0 aliphatic rings. The van der Waals surface area contributed by atoms with E-state index in [1.54, 1.807) is 24.3 Å². The lowest BCUT2D eigenvalue weighted by Gasteiger charge is -2.19. The summed E-state index contributed by atoms with van der Waals surface area (Å²) in [5.74, 6) is -0.241. The molecule has 0 saturated carbocycles. The Morgan fingerprint density at radius 1 is 1.16 bits per heavy atom. The highest BCUT2D eigenvalue weighted by atomic mass is 19.1. The van der Waals surface area contributed by atoms with Crippen molar-refractivity contribution in [1.29, 1.82) is 5.26 Å². The van der Waals surface area contributed by atoms with Crippen molar-refractivity contribution in [3.63, 3.8) is 0 Å². The van der Waals surface area contributed by atoms with Gasteiger partial charge < -0.3 is 5.32 Å². The van der Waals surface area contributed by atoms with Gasteiger partial charge in [-0.25, -0.2) is 4.39 Å². The molecule has 2 aromatic rings. The van der Waals surface area contributed by atoms with Gasteiger partial charge in [0.15, 0.2) is 0 Å². The third-order valence-corrected chi connectivity index (χ3v) is 3.13. The lowest BCUT2D eigenvalue weighted by molar-refractivity contribution is 0.600. The van der Waals surface area contributed by atoms with Crippen LogP contribution in [0, 0.1) is 24.1 Å². The highest BCUT2D eigenvalue weighted by Crippen LogP contribution is 2.26. The fourth-order valence-electron chi connectivity index (χ4n) is 2.07. The van der Waals surface area contributed by atoms with Crippen molar-refractivity contribution in [2.75, 3.05) is 5.32 Å².